The molecule has 0 fully saturated rings. The van der Waals surface area contributed by atoms with E-state index in [1.165, 1.54) is 5.56 Å². The quantitative estimate of drug-likeness (QED) is 0.282. The van der Waals surface area contributed by atoms with Crippen LogP contribution in [-0.4, -0.2) is 23.6 Å². The van der Waals surface area contributed by atoms with Crippen LogP contribution in [0.5, 0.6) is 0 Å². The molecule has 0 spiro atoms. The van der Waals surface area contributed by atoms with Crippen LogP contribution >= 0.6 is 12.2 Å². The lowest BCUT2D eigenvalue weighted by Crippen LogP contribution is -2.34. The fourth-order valence-corrected chi connectivity index (χ4v) is 3.47. The van der Waals surface area contributed by atoms with Gasteiger partial charge in [0.15, 0.2) is 5.11 Å². The number of thiocarbonyl (C=S) groups is 1. The van der Waals surface area contributed by atoms with E-state index in [4.69, 9.17) is 17.0 Å². The second kappa shape index (κ2) is 11.8. The third-order valence-corrected chi connectivity index (χ3v) is 5.00. The van der Waals surface area contributed by atoms with Crippen LogP contribution in [0.2, 0.25) is 0 Å². The maximum Gasteiger partial charge on any atom is 0.305 e. The molecule has 160 valence electrons. The van der Waals surface area contributed by atoms with E-state index in [0.717, 1.165) is 29.3 Å². The first-order valence-electron chi connectivity index (χ1n) is 10.4. The largest absolute Gasteiger partial charge is 0.466 e. The molecular formula is C25H26N2O3S. The van der Waals surface area contributed by atoms with E-state index < -0.39 is 0 Å². The normalized spacial score (nSPS) is 10.5. The number of hydrogen-bond donors (Lipinski definition) is 2. The number of hydrogen-bond acceptors (Lipinski definition) is 4. The van der Waals surface area contributed by atoms with Crippen molar-refractivity contribution in [3.63, 3.8) is 0 Å². The number of esters is 1. The first-order chi connectivity index (χ1) is 15.1. The molecule has 0 saturated heterocycles. The lowest BCUT2D eigenvalue weighted by molar-refractivity contribution is -0.143. The van der Waals surface area contributed by atoms with E-state index in [1.54, 1.807) is 0 Å². The molecule has 0 aliphatic heterocycles. The third-order valence-electron chi connectivity index (χ3n) is 4.79. The van der Waals surface area contributed by atoms with Crippen LogP contribution in [0.15, 0.2) is 72.8 Å². The van der Waals surface area contributed by atoms with E-state index in [-0.39, 0.29) is 29.8 Å². The van der Waals surface area contributed by atoms with Crippen molar-refractivity contribution < 1.29 is 14.3 Å². The molecule has 3 aromatic carbocycles. The molecule has 0 atom stereocenters. The van der Waals surface area contributed by atoms with Crippen molar-refractivity contribution in [3.05, 3.63) is 78.4 Å². The highest BCUT2D eigenvalue weighted by Crippen LogP contribution is 2.22. The minimum absolute atomic E-state index is 0.205. The molecule has 3 aromatic rings. The number of anilines is 1. The predicted molar refractivity (Wildman–Crippen MR) is 128 cm³/mol. The Morgan fingerprint density at radius 1 is 0.839 bits per heavy atom. The van der Waals surface area contributed by atoms with Crippen LogP contribution in [0.4, 0.5) is 5.69 Å². The molecule has 5 nitrogen and oxygen atoms in total. The molecule has 2 N–H and O–H groups in total. The number of carbonyl (C=O) groups excluding carboxylic acids is 2. The fourth-order valence-electron chi connectivity index (χ4n) is 3.25. The Labute approximate surface area is 187 Å². The van der Waals surface area contributed by atoms with Crippen LogP contribution < -0.4 is 10.6 Å². The summed E-state index contributed by atoms with van der Waals surface area (Å²) in [6.45, 7) is 0.388. The first kappa shape index (κ1) is 22.4. The van der Waals surface area contributed by atoms with Gasteiger partial charge in [0.05, 0.1) is 6.61 Å². The lowest BCUT2D eigenvalue weighted by atomic mass is 10.1. The van der Waals surface area contributed by atoms with Crippen molar-refractivity contribution in [2.45, 2.75) is 32.1 Å². The zero-order chi connectivity index (χ0) is 21.9. The van der Waals surface area contributed by atoms with Crippen LogP contribution in [0.25, 0.3) is 10.8 Å². The van der Waals surface area contributed by atoms with Crippen molar-refractivity contribution in [2.75, 3.05) is 11.9 Å². The van der Waals surface area contributed by atoms with Gasteiger partial charge in [0.1, 0.15) is 0 Å². The number of aryl methyl sites for hydroxylation is 1. The average molecular weight is 435 g/mol. The molecule has 0 saturated carbocycles. The summed E-state index contributed by atoms with van der Waals surface area (Å²) >= 11 is 5.25. The second-order valence-corrected chi connectivity index (χ2v) is 7.60. The van der Waals surface area contributed by atoms with Gasteiger partial charge in [-0.25, -0.2) is 0 Å². The number of fused-ring (bicyclic) bond motifs is 1. The monoisotopic (exact) mass is 434 g/mol. The second-order valence-electron chi connectivity index (χ2n) is 7.19. The standard InChI is InChI=1S/C25H26N2O3S/c28-23(16-7-17-24(29)30-18-8-11-19-9-2-1-3-10-19)27-25(31)26-22-15-6-13-20-12-4-5-14-21(20)22/h1-6,9-10,12-15H,7-8,11,16-18H2,(H2,26,27,28,31). The number of rotatable bonds is 9. The van der Waals surface area contributed by atoms with Crippen LogP contribution in [0, 0.1) is 0 Å². The Balaban J connectivity index is 1.31. The van der Waals surface area contributed by atoms with Gasteiger partial charge in [-0.2, -0.15) is 0 Å². The summed E-state index contributed by atoms with van der Waals surface area (Å²) in [5.74, 6) is -0.507. The zero-order valence-corrected chi connectivity index (χ0v) is 18.1. The maximum absolute atomic E-state index is 12.1. The highest BCUT2D eigenvalue weighted by atomic mass is 32.1. The number of benzene rings is 3. The SMILES string of the molecule is O=C(CCCC(=O)OCCCc1ccccc1)NC(=S)Nc1cccc2ccccc12. The summed E-state index contributed by atoms with van der Waals surface area (Å²) in [6, 6.07) is 23.9. The van der Waals surface area contributed by atoms with Crippen molar-refractivity contribution in [1.29, 1.82) is 0 Å². The van der Waals surface area contributed by atoms with E-state index in [1.807, 2.05) is 60.7 Å². The van der Waals surface area contributed by atoms with Crippen molar-refractivity contribution in [3.8, 4) is 0 Å². The van der Waals surface area contributed by atoms with E-state index in [2.05, 4.69) is 22.8 Å². The molecule has 0 radical (unpaired) electrons. The van der Waals surface area contributed by atoms with Gasteiger partial charge < -0.3 is 15.4 Å². The topological polar surface area (TPSA) is 67.4 Å². The fraction of sp³-hybridized carbons (Fsp3) is 0.240. The Morgan fingerprint density at radius 2 is 1.58 bits per heavy atom. The Kier molecular flexibility index (Phi) is 8.55. The smallest absolute Gasteiger partial charge is 0.305 e. The first-order valence-corrected chi connectivity index (χ1v) is 10.8. The van der Waals surface area contributed by atoms with Gasteiger partial charge in [-0.3, -0.25) is 9.59 Å². The van der Waals surface area contributed by atoms with Gasteiger partial charge in [0.25, 0.3) is 0 Å². The van der Waals surface area contributed by atoms with E-state index in [0.29, 0.717) is 13.0 Å². The molecule has 0 bridgehead atoms. The summed E-state index contributed by atoms with van der Waals surface area (Å²) in [6.07, 6.45) is 2.49. The molecule has 0 heterocycles. The Morgan fingerprint density at radius 3 is 2.42 bits per heavy atom. The van der Waals surface area contributed by atoms with Crippen LogP contribution in [-0.2, 0) is 20.7 Å². The number of ether oxygens (including phenoxy) is 1. The van der Waals surface area contributed by atoms with E-state index >= 15 is 0 Å². The molecule has 0 aromatic heterocycles. The average Bonchev–Trinajstić information content (AvgIpc) is 2.77. The minimum atomic E-state index is -0.280. The summed E-state index contributed by atoms with van der Waals surface area (Å²) in [5.41, 5.74) is 2.06. The molecule has 0 aliphatic carbocycles. The number of amides is 1. The van der Waals surface area contributed by atoms with Gasteiger partial charge in [-0.15, -0.1) is 0 Å². The highest BCUT2D eigenvalue weighted by Gasteiger charge is 2.09. The third kappa shape index (κ3) is 7.50. The molecule has 1 amide bonds. The van der Waals surface area contributed by atoms with Crippen molar-refractivity contribution >= 4 is 45.7 Å². The summed E-state index contributed by atoms with van der Waals surface area (Å²) in [4.78, 5) is 23.9. The molecular weight excluding hydrogens is 408 g/mol. The summed E-state index contributed by atoms with van der Waals surface area (Å²) in [7, 11) is 0. The maximum atomic E-state index is 12.1. The lowest BCUT2D eigenvalue weighted by Gasteiger charge is -2.12. The Hall–Kier alpha value is -3.25. The predicted octanol–water partition coefficient (Wildman–Crippen LogP) is 5.00. The summed E-state index contributed by atoms with van der Waals surface area (Å²) < 4.78 is 5.24. The molecule has 3 rings (SSSR count). The minimum Gasteiger partial charge on any atom is -0.466 e. The van der Waals surface area contributed by atoms with Gasteiger partial charge in [0, 0.05) is 23.9 Å². The van der Waals surface area contributed by atoms with Crippen LogP contribution in [0.3, 0.4) is 0 Å². The number of carbonyl (C=O) groups is 2. The molecule has 6 heteroatoms. The molecule has 0 unspecified atom stereocenters. The highest BCUT2D eigenvalue weighted by molar-refractivity contribution is 7.80. The van der Waals surface area contributed by atoms with Crippen molar-refractivity contribution in [1.82, 2.24) is 5.32 Å². The molecule has 0 aliphatic rings. The van der Waals surface area contributed by atoms with E-state index in [9.17, 15) is 9.59 Å². The molecule has 31 heavy (non-hydrogen) atoms. The number of nitrogens with one attached hydrogen (secondary N) is 2. The van der Waals surface area contributed by atoms with Gasteiger partial charge in [0.2, 0.25) is 5.91 Å². The zero-order valence-electron chi connectivity index (χ0n) is 17.3. The van der Waals surface area contributed by atoms with Gasteiger partial charge >= 0.3 is 5.97 Å². The van der Waals surface area contributed by atoms with Gasteiger partial charge in [-0.1, -0.05) is 66.7 Å². The van der Waals surface area contributed by atoms with Gasteiger partial charge in [-0.05, 0) is 48.5 Å². The Bertz CT molecular complexity index is 1030. The summed E-state index contributed by atoms with van der Waals surface area (Å²) in [5, 5.41) is 8.09. The van der Waals surface area contributed by atoms with Crippen molar-refractivity contribution in [2.24, 2.45) is 0 Å². The van der Waals surface area contributed by atoms with Crippen LogP contribution in [0.1, 0.15) is 31.2 Å².